The SMILES string of the molecule is COC(=O)c1ccc(Nc2cccc(OC(F)F)c2)c(N)c1. The van der Waals surface area contributed by atoms with Crippen molar-refractivity contribution in [1.82, 2.24) is 0 Å². The zero-order valence-corrected chi connectivity index (χ0v) is 11.7. The Morgan fingerprint density at radius 3 is 2.64 bits per heavy atom. The maximum absolute atomic E-state index is 12.2. The van der Waals surface area contributed by atoms with Crippen LogP contribution in [0.3, 0.4) is 0 Å². The van der Waals surface area contributed by atoms with E-state index in [0.29, 0.717) is 22.6 Å². The summed E-state index contributed by atoms with van der Waals surface area (Å²) in [5, 5.41) is 2.97. The molecule has 0 radical (unpaired) electrons. The Labute approximate surface area is 125 Å². The van der Waals surface area contributed by atoms with Crippen LogP contribution in [0.1, 0.15) is 10.4 Å². The Balaban J connectivity index is 2.18. The molecule has 0 atom stereocenters. The second-order valence-corrected chi connectivity index (χ2v) is 4.32. The van der Waals surface area contributed by atoms with Gasteiger partial charge in [0.2, 0.25) is 0 Å². The van der Waals surface area contributed by atoms with E-state index >= 15 is 0 Å². The van der Waals surface area contributed by atoms with Gasteiger partial charge in [0.1, 0.15) is 5.75 Å². The van der Waals surface area contributed by atoms with Gasteiger partial charge in [-0.1, -0.05) is 6.07 Å². The fraction of sp³-hybridized carbons (Fsp3) is 0.133. The summed E-state index contributed by atoms with van der Waals surface area (Å²) in [5.74, 6) is -0.463. The van der Waals surface area contributed by atoms with Crippen molar-refractivity contribution < 1.29 is 23.0 Å². The van der Waals surface area contributed by atoms with E-state index in [1.165, 1.54) is 25.3 Å². The molecular weight excluding hydrogens is 294 g/mol. The highest BCUT2D eigenvalue weighted by Gasteiger charge is 2.09. The molecule has 22 heavy (non-hydrogen) atoms. The van der Waals surface area contributed by atoms with E-state index in [9.17, 15) is 13.6 Å². The van der Waals surface area contributed by atoms with E-state index in [4.69, 9.17) is 5.73 Å². The predicted octanol–water partition coefficient (Wildman–Crippen LogP) is 3.40. The van der Waals surface area contributed by atoms with Gasteiger partial charge < -0.3 is 20.5 Å². The number of nitrogens with one attached hydrogen (secondary N) is 1. The molecule has 7 heteroatoms. The number of benzene rings is 2. The molecule has 3 N–H and O–H groups in total. The van der Waals surface area contributed by atoms with Gasteiger partial charge in [-0.05, 0) is 30.3 Å². The molecular formula is C15H14F2N2O3. The molecule has 0 aromatic heterocycles. The molecule has 0 fully saturated rings. The quantitative estimate of drug-likeness (QED) is 0.654. The maximum atomic E-state index is 12.2. The summed E-state index contributed by atoms with van der Waals surface area (Å²) in [4.78, 5) is 11.4. The first-order valence-corrected chi connectivity index (χ1v) is 6.29. The summed E-state index contributed by atoms with van der Waals surface area (Å²) in [6, 6.07) is 10.7. The lowest BCUT2D eigenvalue weighted by atomic mass is 10.1. The lowest BCUT2D eigenvalue weighted by molar-refractivity contribution is -0.0498. The van der Waals surface area contributed by atoms with Gasteiger partial charge in [0, 0.05) is 11.8 Å². The Morgan fingerprint density at radius 2 is 2.00 bits per heavy atom. The Kier molecular flexibility index (Phi) is 4.77. The van der Waals surface area contributed by atoms with Gasteiger partial charge in [-0.25, -0.2) is 4.79 Å². The number of hydrogen-bond acceptors (Lipinski definition) is 5. The van der Waals surface area contributed by atoms with E-state index in [1.807, 2.05) is 0 Å². The third-order valence-electron chi connectivity index (χ3n) is 2.81. The van der Waals surface area contributed by atoms with E-state index < -0.39 is 12.6 Å². The number of nitrogen functional groups attached to an aromatic ring is 1. The number of anilines is 3. The molecule has 0 aliphatic carbocycles. The molecule has 2 rings (SSSR count). The second-order valence-electron chi connectivity index (χ2n) is 4.32. The molecule has 116 valence electrons. The van der Waals surface area contributed by atoms with Crippen molar-refractivity contribution in [2.75, 3.05) is 18.2 Å². The number of esters is 1. The van der Waals surface area contributed by atoms with Crippen LogP contribution in [0.5, 0.6) is 5.75 Å². The zero-order chi connectivity index (χ0) is 16.1. The first kappa shape index (κ1) is 15.6. The van der Waals surface area contributed by atoms with Crippen LogP contribution >= 0.6 is 0 Å². The van der Waals surface area contributed by atoms with Crippen molar-refractivity contribution in [3.63, 3.8) is 0 Å². The van der Waals surface area contributed by atoms with Crippen LogP contribution in [0.4, 0.5) is 25.8 Å². The van der Waals surface area contributed by atoms with Crippen LogP contribution in [-0.2, 0) is 4.74 Å². The van der Waals surface area contributed by atoms with Crippen LogP contribution in [0, 0.1) is 0 Å². The van der Waals surface area contributed by atoms with Crippen molar-refractivity contribution in [2.45, 2.75) is 6.61 Å². The second kappa shape index (κ2) is 6.75. The molecule has 0 saturated carbocycles. The first-order chi connectivity index (χ1) is 10.5. The third-order valence-corrected chi connectivity index (χ3v) is 2.81. The fourth-order valence-corrected chi connectivity index (χ4v) is 1.83. The number of hydrogen-bond donors (Lipinski definition) is 2. The number of alkyl halides is 2. The molecule has 0 amide bonds. The number of halogens is 2. The monoisotopic (exact) mass is 308 g/mol. The summed E-state index contributed by atoms with van der Waals surface area (Å²) < 4.78 is 33.3. The van der Waals surface area contributed by atoms with E-state index in [2.05, 4.69) is 14.8 Å². The standard InChI is InChI=1S/C15H14F2N2O3/c1-21-14(20)9-5-6-13(12(18)7-9)19-10-3-2-4-11(8-10)22-15(16)17/h2-8,15,19H,18H2,1H3. The molecule has 0 saturated heterocycles. The number of nitrogens with two attached hydrogens (primary N) is 1. The van der Waals surface area contributed by atoms with Crippen molar-refractivity contribution in [2.24, 2.45) is 0 Å². The van der Waals surface area contributed by atoms with Gasteiger partial charge >= 0.3 is 12.6 Å². The van der Waals surface area contributed by atoms with Gasteiger partial charge in [-0.2, -0.15) is 8.78 Å². The topological polar surface area (TPSA) is 73.6 Å². The van der Waals surface area contributed by atoms with Crippen LogP contribution in [0.15, 0.2) is 42.5 Å². The van der Waals surface area contributed by atoms with Gasteiger partial charge in [0.25, 0.3) is 0 Å². The number of methoxy groups -OCH3 is 1. The lowest BCUT2D eigenvalue weighted by Gasteiger charge is -2.12. The highest BCUT2D eigenvalue weighted by molar-refractivity contribution is 5.92. The summed E-state index contributed by atoms with van der Waals surface area (Å²) in [6.07, 6.45) is 0. The van der Waals surface area contributed by atoms with Gasteiger partial charge in [-0.15, -0.1) is 0 Å². The fourth-order valence-electron chi connectivity index (χ4n) is 1.83. The van der Waals surface area contributed by atoms with Gasteiger partial charge in [0.15, 0.2) is 0 Å². The maximum Gasteiger partial charge on any atom is 0.387 e. The van der Waals surface area contributed by atoms with Crippen molar-refractivity contribution >= 4 is 23.0 Å². The van der Waals surface area contributed by atoms with Crippen LogP contribution in [-0.4, -0.2) is 19.7 Å². The Bertz CT molecular complexity index is 678. The normalized spacial score (nSPS) is 10.4. The molecule has 0 unspecified atom stereocenters. The number of carbonyl (C=O) groups is 1. The smallest absolute Gasteiger partial charge is 0.387 e. The van der Waals surface area contributed by atoms with Gasteiger partial charge in [0.05, 0.1) is 24.0 Å². The minimum Gasteiger partial charge on any atom is -0.465 e. The minimum absolute atomic E-state index is 0.0322. The summed E-state index contributed by atoms with van der Waals surface area (Å²) in [6.45, 7) is -2.89. The average Bonchev–Trinajstić information content (AvgIpc) is 2.48. The van der Waals surface area contributed by atoms with E-state index in [0.717, 1.165) is 0 Å². The Hall–Kier alpha value is -2.83. The molecule has 0 aliphatic heterocycles. The number of rotatable bonds is 5. The molecule has 0 spiro atoms. The average molecular weight is 308 g/mol. The number of carbonyl (C=O) groups excluding carboxylic acids is 1. The predicted molar refractivity (Wildman–Crippen MR) is 78.6 cm³/mol. The van der Waals surface area contributed by atoms with E-state index in [1.54, 1.807) is 24.3 Å². The zero-order valence-electron chi connectivity index (χ0n) is 11.7. The lowest BCUT2D eigenvalue weighted by Crippen LogP contribution is -2.04. The summed E-state index contributed by atoms with van der Waals surface area (Å²) >= 11 is 0. The molecule has 5 nitrogen and oxygen atoms in total. The summed E-state index contributed by atoms with van der Waals surface area (Å²) in [7, 11) is 1.28. The van der Waals surface area contributed by atoms with Crippen molar-refractivity contribution in [1.29, 1.82) is 0 Å². The highest BCUT2D eigenvalue weighted by Crippen LogP contribution is 2.27. The third kappa shape index (κ3) is 3.85. The molecule has 0 aliphatic rings. The van der Waals surface area contributed by atoms with Crippen LogP contribution in [0.25, 0.3) is 0 Å². The summed E-state index contributed by atoms with van der Waals surface area (Å²) in [5.41, 5.74) is 7.55. The van der Waals surface area contributed by atoms with Gasteiger partial charge in [-0.3, -0.25) is 0 Å². The molecule has 0 heterocycles. The largest absolute Gasteiger partial charge is 0.465 e. The van der Waals surface area contributed by atoms with Crippen LogP contribution in [0.2, 0.25) is 0 Å². The number of ether oxygens (including phenoxy) is 2. The minimum atomic E-state index is -2.89. The molecule has 0 bridgehead atoms. The molecule has 2 aromatic rings. The van der Waals surface area contributed by atoms with E-state index in [-0.39, 0.29) is 5.75 Å². The molecule has 2 aromatic carbocycles. The first-order valence-electron chi connectivity index (χ1n) is 6.29. The highest BCUT2D eigenvalue weighted by atomic mass is 19.3. The van der Waals surface area contributed by atoms with Crippen molar-refractivity contribution in [3.8, 4) is 5.75 Å². The van der Waals surface area contributed by atoms with Crippen LogP contribution < -0.4 is 15.8 Å². The van der Waals surface area contributed by atoms with Crippen molar-refractivity contribution in [3.05, 3.63) is 48.0 Å². The Morgan fingerprint density at radius 1 is 1.23 bits per heavy atom.